The summed E-state index contributed by atoms with van der Waals surface area (Å²) in [4.78, 5) is 12.5. The number of benzene rings is 1. The Balaban J connectivity index is 1.50. The van der Waals surface area contributed by atoms with Crippen LogP contribution in [0.3, 0.4) is 0 Å². The second-order valence-electron chi connectivity index (χ2n) is 5.69. The van der Waals surface area contributed by atoms with Gasteiger partial charge in [-0.2, -0.15) is 0 Å². The largest absolute Gasteiger partial charge is 0.492 e. The first kappa shape index (κ1) is 16.4. The standard InChI is InChI=1S/C19H16ClN5O/c20-18-4-1-15(12-23-18)24-19-17-3-2-16(11-14(17)5-6-22-19)26-10-9-25-8-7-21-13-25/h1-8,11-13H,9-10H2,(H,22,24). The van der Waals surface area contributed by atoms with Gasteiger partial charge in [0.1, 0.15) is 23.3 Å². The molecule has 26 heavy (non-hydrogen) atoms. The smallest absolute Gasteiger partial charge is 0.138 e. The summed E-state index contributed by atoms with van der Waals surface area (Å²) in [5.74, 6) is 1.58. The van der Waals surface area contributed by atoms with E-state index in [0.717, 1.165) is 34.6 Å². The van der Waals surface area contributed by atoms with Crippen LogP contribution in [0.15, 0.2) is 67.5 Å². The molecule has 0 saturated heterocycles. The quantitative estimate of drug-likeness (QED) is 0.516. The number of rotatable bonds is 6. The molecule has 0 amide bonds. The molecule has 4 aromatic rings. The summed E-state index contributed by atoms with van der Waals surface area (Å²) in [6.45, 7) is 1.33. The van der Waals surface area contributed by atoms with Gasteiger partial charge >= 0.3 is 0 Å². The minimum absolute atomic E-state index is 0.457. The van der Waals surface area contributed by atoms with E-state index in [1.165, 1.54) is 0 Å². The molecule has 0 aliphatic carbocycles. The predicted molar refractivity (Wildman–Crippen MR) is 102 cm³/mol. The maximum atomic E-state index is 5.84. The topological polar surface area (TPSA) is 64.9 Å². The van der Waals surface area contributed by atoms with Crippen molar-refractivity contribution in [3.8, 4) is 5.75 Å². The molecule has 3 heterocycles. The van der Waals surface area contributed by atoms with Gasteiger partial charge in [0.2, 0.25) is 0 Å². The molecule has 4 rings (SSSR count). The Bertz CT molecular complexity index is 1000. The molecule has 0 radical (unpaired) electrons. The summed E-state index contributed by atoms with van der Waals surface area (Å²) in [7, 11) is 0. The van der Waals surface area contributed by atoms with E-state index in [1.54, 1.807) is 31.0 Å². The van der Waals surface area contributed by atoms with E-state index in [-0.39, 0.29) is 0 Å². The lowest BCUT2D eigenvalue weighted by atomic mass is 10.1. The fourth-order valence-electron chi connectivity index (χ4n) is 2.62. The van der Waals surface area contributed by atoms with E-state index in [1.807, 2.05) is 41.1 Å². The zero-order valence-corrected chi connectivity index (χ0v) is 14.6. The van der Waals surface area contributed by atoms with Crippen LogP contribution in [0.2, 0.25) is 5.15 Å². The van der Waals surface area contributed by atoms with Crippen molar-refractivity contribution in [2.45, 2.75) is 6.54 Å². The van der Waals surface area contributed by atoms with Gasteiger partial charge in [0.15, 0.2) is 0 Å². The molecule has 0 aliphatic heterocycles. The second-order valence-corrected chi connectivity index (χ2v) is 6.07. The van der Waals surface area contributed by atoms with Gasteiger partial charge in [-0.1, -0.05) is 11.6 Å². The van der Waals surface area contributed by atoms with Crippen LogP contribution >= 0.6 is 11.6 Å². The van der Waals surface area contributed by atoms with Crippen molar-refractivity contribution >= 4 is 33.9 Å². The summed E-state index contributed by atoms with van der Waals surface area (Å²) < 4.78 is 7.82. The molecule has 3 aromatic heterocycles. The van der Waals surface area contributed by atoms with Gasteiger partial charge in [-0.25, -0.2) is 15.0 Å². The minimum atomic E-state index is 0.457. The average molecular weight is 366 g/mol. The van der Waals surface area contributed by atoms with E-state index in [4.69, 9.17) is 16.3 Å². The molecule has 6 nitrogen and oxygen atoms in total. The van der Waals surface area contributed by atoms with Crippen LogP contribution in [0.5, 0.6) is 5.75 Å². The first-order chi connectivity index (χ1) is 12.8. The number of imidazole rings is 1. The normalized spacial score (nSPS) is 10.8. The third-order valence-corrected chi connectivity index (χ3v) is 4.13. The van der Waals surface area contributed by atoms with Gasteiger partial charge in [0.25, 0.3) is 0 Å². The molecule has 0 bridgehead atoms. The Labute approximate surface area is 155 Å². The van der Waals surface area contributed by atoms with Gasteiger partial charge in [-0.05, 0) is 41.8 Å². The second kappa shape index (κ2) is 7.41. The summed E-state index contributed by atoms with van der Waals surface area (Å²) in [5, 5.41) is 5.78. The van der Waals surface area contributed by atoms with Crippen LogP contribution in [0.25, 0.3) is 10.8 Å². The highest BCUT2D eigenvalue weighted by molar-refractivity contribution is 6.29. The SMILES string of the molecule is Clc1ccc(Nc2nccc3cc(OCCn4ccnc4)ccc23)cn1. The van der Waals surface area contributed by atoms with Crippen LogP contribution < -0.4 is 10.1 Å². The van der Waals surface area contributed by atoms with Crippen LogP contribution in [-0.4, -0.2) is 26.1 Å². The van der Waals surface area contributed by atoms with Gasteiger partial charge in [-0.15, -0.1) is 0 Å². The van der Waals surface area contributed by atoms with Gasteiger partial charge in [0.05, 0.1) is 24.8 Å². The number of hydrogen-bond donors (Lipinski definition) is 1. The molecule has 0 spiro atoms. The summed E-state index contributed by atoms with van der Waals surface area (Å²) in [5.41, 5.74) is 0.829. The zero-order valence-electron chi connectivity index (χ0n) is 13.8. The average Bonchev–Trinajstić information content (AvgIpc) is 3.17. The molecule has 0 atom stereocenters. The molecule has 0 unspecified atom stereocenters. The molecule has 7 heteroatoms. The van der Waals surface area contributed by atoms with Crippen molar-refractivity contribution in [2.75, 3.05) is 11.9 Å². The lowest BCUT2D eigenvalue weighted by Crippen LogP contribution is -2.06. The van der Waals surface area contributed by atoms with E-state index in [0.29, 0.717) is 11.8 Å². The number of aromatic nitrogens is 4. The van der Waals surface area contributed by atoms with Crippen LogP contribution in [0.4, 0.5) is 11.5 Å². The highest BCUT2D eigenvalue weighted by atomic mass is 35.5. The van der Waals surface area contributed by atoms with Crippen molar-refractivity contribution in [1.82, 2.24) is 19.5 Å². The van der Waals surface area contributed by atoms with Crippen molar-refractivity contribution in [3.63, 3.8) is 0 Å². The van der Waals surface area contributed by atoms with Crippen molar-refractivity contribution in [3.05, 3.63) is 72.7 Å². The zero-order chi connectivity index (χ0) is 17.8. The van der Waals surface area contributed by atoms with Crippen molar-refractivity contribution in [2.24, 2.45) is 0 Å². The number of fused-ring (bicyclic) bond motifs is 1. The molecular weight excluding hydrogens is 350 g/mol. The molecule has 0 saturated carbocycles. The molecule has 1 aromatic carbocycles. The maximum absolute atomic E-state index is 5.84. The third-order valence-electron chi connectivity index (χ3n) is 3.90. The van der Waals surface area contributed by atoms with Crippen molar-refractivity contribution < 1.29 is 4.74 Å². The fraction of sp³-hybridized carbons (Fsp3) is 0.105. The fourth-order valence-corrected chi connectivity index (χ4v) is 2.73. The number of ether oxygens (including phenoxy) is 1. The molecule has 0 fully saturated rings. The monoisotopic (exact) mass is 365 g/mol. The Morgan fingerprint density at radius 3 is 2.85 bits per heavy atom. The summed E-state index contributed by atoms with van der Waals surface area (Å²) in [6, 6.07) is 11.5. The third kappa shape index (κ3) is 3.75. The van der Waals surface area contributed by atoms with E-state index < -0.39 is 0 Å². The Morgan fingerprint density at radius 2 is 2.04 bits per heavy atom. The number of hydrogen-bond acceptors (Lipinski definition) is 5. The van der Waals surface area contributed by atoms with E-state index >= 15 is 0 Å². The summed E-state index contributed by atoms with van der Waals surface area (Å²) in [6.07, 6.45) is 8.89. The Hall–Kier alpha value is -3.12. The Morgan fingerprint density at radius 1 is 1.08 bits per heavy atom. The first-order valence-corrected chi connectivity index (χ1v) is 8.52. The van der Waals surface area contributed by atoms with Crippen LogP contribution in [-0.2, 0) is 6.54 Å². The van der Waals surface area contributed by atoms with Crippen LogP contribution in [0.1, 0.15) is 0 Å². The molecule has 1 N–H and O–H groups in total. The van der Waals surface area contributed by atoms with E-state index in [9.17, 15) is 0 Å². The number of nitrogens with zero attached hydrogens (tertiary/aromatic N) is 4. The highest BCUT2D eigenvalue weighted by Gasteiger charge is 2.05. The minimum Gasteiger partial charge on any atom is -0.492 e. The number of anilines is 2. The first-order valence-electron chi connectivity index (χ1n) is 8.14. The number of pyridine rings is 2. The maximum Gasteiger partial charge on any atom is 0.138 e. The predicted octanol–water partition coefficient (Wildman–Crippen LogP) is 4.30. The lowest BCUT2D eigenvalue weighted by Gasteiger charge is -2.11. The van der Waals surface area contributed by atoms with Gasteiger partial charge in [0, 0.05) is 24.0 Å². The highest BCUT2D eigenvalue weighted by Crippen LogP contribution is 2.27. The lowest BCUT2D eigenvalue weighted by molar-refractivity contribution is 0.298. The van der Waals surface area contributed by atoms with E-state index in [2.05, 4.69) is 20.3 Å². The van der Waals surface area contributed by atoms with Crippen LogP contribution in [0, 0.1) is 0 Å². The summed E-state index contributed by atoms with van der Waals surface area (Å²) >= 11 is 5.83. The van der Waals surface area contributed by atoms with Gasteiger partial charge in [-0.3, -0.25) is 0 Å². The Kier molecular flexibility index (Phi) is 4.66. The molecule has 0 aliphatic rings. The molecular formula is C19H16ClN5O. The number of halogens is 1. The number of nitrogens with one attached hydrogen (secondary N) is 1. The van der Waals surface area contributed by atoms with Gasteiger partial charge < -0.3 is 14.6 Å². The molecule has 130 valence electrons. The van der Waals surface area contributed by atoms with Crippen molar-refractivity contribution in [1.29, 1.82) is 0 Å².